The molecule has 1 aliphatic rings. The van der Waals surface area contributed by atoms with E-state index in [1.54, 1.807) is 6.92 Å². The molecule has 1 fully saturated rings. The Bertz CT molecular complexity index is 147. The van der Waals surface area contributed by atoms with Crippen LogP contribution in [-0.2, 0) is 9.59 Å². The topological polar surface area (TPSA) is 34.1 Å². The van der Waals surface area contributed by atoms with Gasteiger partial charge in [0.05, 0.1) is 0 Å². The molecule has 0 aromatic heterocycles. The van der Waals surface area contributed by atoms with Crippen molar-refractivity contribution in [3.8, 4) is 0 Å². The van der Waals surface area contributed by atoms with Crippen molar-refractivity contribution in [2.45, 2.75) is 93.9 Å². The third kappa shape index (κ3) is 29.5. The number of Topliss-reactive ketones (excluding diaryl/α,β-unsaturated/α-hetero) is 2. The summed E-state index contributed by atoms with van der Waals surface area (Å²) < 4.78 is 6.21. The Labute approximate surface area is 117 Å². The van der Waals surface area contributed by atoms with Crippen LogP contribution in [0.4, 0.5) is 0 Å². The van der Waals surface area contributed by atoms with Crippen LogP contribution in [0.25, 0.3) is 0 Å². The van der Waals surface area contributed by atoms with Gasteiger partial charge in [0.25, 0.3) is 0 Å². The number of ketones is 2. The molecule has 0 bridgehead atoms. The molecule has 0 radical (unpaired) electrons. The second-order valence-corrected chi connectivity index (χ2v) is 3.47. The predicted molar refractivity (Wildman–Crippen MR) is 83.1 cm³/mol. The number of hydrogen-bond donors (Lipinski definition) is 0. The van der Waals surface area contributed by atoms with Gasteiger partial charge in [-0.2, -0.15) is 0 Å². The zero-order valence-corrected chi connectivity index (χ0v) is 13.8. The monoisotopic (exact) mass is 261 g/mol. The number of rotatable bonds is 0. The molecule has 1 rings (SSSR count). The van der Waals surface area contributed by atoms with Gasteiger partial charge >= 0.3 is 0 Å². The van der Waals surface area contributed by atoms with Crippen LogP contribution in [0.2, 0.25) is 0 Å². The minimum absolute atomic E-state index is 0.170. The SMILES string of the molecule is CC.CCC.CCC.O=C1CCCCC1=O.[2H]CC. The molecule has 2 heteroatoms. The quantitative estimate of drug-likeness (QED) is 0.533. The lowest BCUT2D eigenvalue weighted by Crippen LogP contribution is -2.17. The van der Waals surface area contributed by atoms with Crippen molar-refractivity contribution in [2.75, 3.05) is 0 Å². The third-order valence-corrected chi connectivity index (χ3v) is 1.37. The summed E-state index contributed by atoms with van der Waals surface area (Å²) in [7, 11) is 0. The fraction of sp³-hybridized carbons (Fsp3) is 0.875. The fourth-order valence-electron chi connectivity index (χ4n) is 0.850. The summed E-state index contributed by atoms with van der Waals surface area (Å²) in [5, 5.41) is 0. The van der Waals surface area contributed by atoms with Gasteiger partial charge in [-0.3, -0.25) is 9.59 Å². The maximum Gasteiger partial charge on any atom is 0.198 e. The van der Waals surface area contributed by atoms with E-state index in [0.29, 0.717) is 19.7 Å². The average molecular weight is 261 g/mol. The largest absolute Gasteiger partial charge is 0.291 e. The van der Waals surface area contributed by atoms with Crippen LogP contribution >= 0.6 is 0 Å². The van der Waals surface area contributed by atoms with Gasteiger partial charge in [0, 0.05) is 14.2 Å². The Balaban J connectivity index is -0.0000000871. The molecule has 0 amide bonds. The van der Waals surface area contributed by atoms with Gasteiger partial charge in [0.1, 0.15) is 0 Å². The van der Waals surface area contributed by atoms with E-state index < -0.39 is 0 Å². The lowest BCUT2D eigenvalue weighted by molar-refractivity contribution is -0.137. The average Bonchev–Trinajstić information content (AvgIpc) is 2.38. The van der Waals surface area contributed by atoms with E-state index in [0.717, 1.165) is 12.8 Å². The first-order valence-electron chi connectivity index (χ1n) is 8.11. The van der Waals surface area contributed by atoms with Crippen molar-refractivity contribution in [3.05, 3.63) is 0 Å². The van der Waals surface area contributed by atoms with Crippen LogP contribution in [0.1, 0.15) is 95.3 Å². The van der Waals surface area contributed by atoms with Crippen LogP contribution < -0.4 is 0 Å². The molecule has 0 N–H and O–H groups in total. The summed E-state index contributed by atoms with van der Waals surface area (Å²) >= 11 is 0. The molecule has 0 spiro atoms. The van der Waals surface area contributed by atoms with Gasteiger partial charge in [-0.15, -0.1) is 0 Å². The number of carbonyl (C=O) groups excluding carboxylic acids is 2. The van der Waals surface area contributed by atoms with E-state index in [1.165, 1.54) is 12.8 Å². The minimum atomic E-state index is -0.170. The maximum atomic E-state index is 10.4. The maximum absolute atomic E-state index is 10.4. The van der Waals surface area contributed by atoms with Crippen molar-refractivity contribution in [2.24, 2.45) is 0 Å². The van der Waals surface area contributed by atoms with E-state index in [4.69, 9.17) is 1.37 Å². The summed E-state index contributed by atoms with van der Waals surface area (Å²) in [5.41, 5.74) is 0. The Morgan fingerprint density at radius 2 is 1.00 bits per heavy atom. The van der Waals surface area contributed by atoms with Crippen molar-refractivity contribution in [3.63, 3.8) is 0 Å². The van der Waals surface area contributed by atoms with Crippen LogP contribution in [0.3, 0.4) is 0 Å². The molecule has 0 aromatic carbocycles. The van der Waals surface area contributed by atoms with Gasteiger partial charge < -0.3 is 0 Å². The Morgan fingerprint density at radius 1 is 0.833 bits per heavy atom. The second kappa shape index (κ2) is 29.9. The molecule has 2 nitrogen and oxygen atoms in total. The van der Waals surface area contributed by atoms with Gasteiger partial charge in [-0.25, -0.2) is 0 Å². The predicted octanol–water partition coefficient (Wildman–Crippen LogP) is 5.58. The highest BCUT2D eigenvalue weighted by molar-refractivity contribution is 6.37. The summed E-state index contributed by atoms with van der Waals surface area (Å²) in [6.45, 7) is 14.8. The van der Waals surface area contributed by atoms with Crippen molar-refractivity contribution in [1.82, 2.24) is 0 Å². The lowest BCUT2D eigenvalue weighted by Gasteiger charge is -2.04. The fourth-order valence-corrected chi connectivity index (χ4v) is 0.850. The molecule has 0 atom stereocenters. The van der Waals surface area contributed by atoms with Crippen LogP contribution in [0, 0.1) is 0 Å². The molecule has 0 heterocycles. The van der Waals surface area contributed by atoms with Gasteiger partial charge in [-0.1, -0.05) is 68.2 Å². The summed E-state index contributed by atoms with van der Waals surface area (Å²) in [6.07, 6.45) is 5.28. The highest BCUT2D eigenvalue weighted by Gasteiger charge is 2.16. The Morgan fingerprint density at radius 3 is 1.11 bits per heavy atom. The normalized spacial score (nSPS) is 12.9. The molecular formula is C16H36O2. The van der Waals surface area contributed by atoms with Crippen LogP contribution in [0.5, 0.6) is 0 Å². The van der Waals surface area contributed by atoms with E-state index in [2.05, 4.69) is 27.7 Å². The zero-order valence-electron chi connectivity index (χ0n) is 14.8. The van der Waals surface area contributed by atoms with Gasteiger partial charge in [0.2, 0.25) is 0 Å². The summed E-state index contributed by atoms with van der Waals surface area (Å²) in [4.78, 5) is 20.9. The van der Waals surface area contributed by atoms with Crippen molar-refractivity contribution < 1.29 is 11.0 Å². The van der Waals surface area contributed by atoms with Crippen molar-refractivity contribution >= 4 is 11.6 Å². The molecule has 1 saturated carbocycles. The Hall–Kier alpha value is -0.660. The number of hydrogen-bond acceptors (Lipinski definition) is 2. The Kier molecular flexibility index (Phi) is 37.4. The molecule has 18 heavy (non-hydrogen) atoms. The molecule has 0 aromatic rings. The first kappa shape index (κ1) is 22.5. The van der Waals surface area contributed by atoms with Gasteiger partial charge in [0.15, 0.2) is 11.6 Å². The minimum Gasteiger partial charge on any atom is -0.291 e. The smallest absolute Gasteiger partial charge is 0.198 e. The highest BCUT2D eigenvalue weighted by Crippen LogP contribution is 2.09. The van der Waals surface area contributed by atoms with Crippen molar-refractivity contribution in [1.29, 1.82) is 0 Å². The van der Waals surface area contributed by atoms with E-state index >= 15 is 0 Å². The molecular weight excluding hydrogens is 224 g/mol. The molecule has 1 aliphatic carbocycles. The molecule has 0 unspecified atom stereocenters. The zero-order chi connectivity index (χ0) is 16.1. The van der Waals surface area contributed by atoms with Crippen LogP contribution in [0.15, 0.2) is 0 Å². The summed E-state index contributed by atoms with van der Waals surface area (Å²) in [5.74, 6) is -0.340. The molecule has 0 aliphatic heterocycles. The van der Waals surface area contributed by atoms with E-state index in [9.17, 15) is 9.59 Å². The first-order valence-corrected chi connectivity index (χ1v) is 7.40. The number of carbonyl (C=O) groups is 2. The first-order chi connectivity index (χ1) is 9.05. The highest BCUT2D eigenvalue weighted by atomic mass is 16.2. The van der Waals surface area contributed by atoms with Crippen LogP contribution in [-0.4, -0.2) is 11.6 Å². The third-order valence-electron chi connectivity index (χ3n) is 1.37. The van der Waals surface area contributed by atoms with E-state index in [1.807, 2.05) is 13.8 Å². The molecule has 0 saturated heterocycles. The molecule has 112 valence electrons. The second-order valence-electron chi connectivity index (χ2n) is 3.47. The lowest BCUT2D eigenvalue weighted by atomic mass is 9.98. The standard InChI is InChI=1S/C6H8O2.2C3H8.2C2H6/c7-5-3-1-2-4-6(5)8;2*1-3-2;2*1-2/h1-4H2;2*3H2,1-2H3;2*1-2H3/i;;;1D;. The summed E-state index contributed by atoms with van der Waals surface area (Å²) in [6, 6.07) is 0. The van der Waals surface area contributed by atoms with Gasteiger partial charge in [-0.05, 0) is 12.8 Å². The van der Waals surface area contributed by atoms with E-state index in [-0.39, 0.29) is 11.6 Å².